The summed E-state index contributed by atoms with van der Waals surface area (Å²) in [4.78, 5) is 4.51. The highest BCUT2D eigenvalue weighted by atomic mass is 16.5. The highest BCUT2D eigenvalue weighted by Gasteiger charge is 2.09. The number of allylic oxidation sites excluding steroid dienone is 3. The Morgan fingerprint density at radius 1 is 1.22 bits per heavy atom. The fourth-order valence-electron chi connectivity index (χ4n) is 2.19. The molecule has 0 fully saturated rings. The van der Waals surface area contributed by atoms with E-state index in [-0.39, 0.29) is 0 Å². The van der Waals surface area contributed by atoms with E-state index in [0.29, 0.717) is 0 Å². The van der Waals surface area contributed by atoms with Crippen LogP contribution in [0.25, 0.3) is 5.65 Å². The van der Waals surface area contributed by atoms with E-state index in [9.17, 15) is 0 Å². The summed E-state index contributed by atoms with van der Waals surface area (Å²) in [6.45, 7) is 4.05. The third-order valence-corrected chi connectivity index (χ3v) is 2.96. The molecule has 0 saturated carbocycles. The lowest BCUT2D eigenvalue weighted by Gasteiger charge is -2.11. The average Bonchev–Trinajstić information content (AvgIpc) is 2.71. The van der Waals surface area contributed by atoms with E-state index in [1.807, 2.05) is 29.7 Å². The molecule has 0 atom stereocenters. The van der Waals surface area contributed by atoms with Crippen molar-refractivity contribution in [3.63, 3.8) is 0 Å². The first-order chi connectivity index (χ1) is 8.72. The molecule has 0 N–H and O–H groups in total. The van der Waals surface area contributed by atoms with Crippen LogP contribution in [0.4, 0.5) is 0 Å². The second kappa shape index (κ2) is 4.33. The van der Waals surface area contributed by atoms with Gasteiger partial charge in [-0.05, 0) is 50.5 Å². The van der Waals surface area contributed by atoms with Crippen molar-refractivity contribution in [2.45, 2.75) is 26.7 Å². The Bertz CT molecular complexity index is 650. The molecule has 2 heterocycles. The average molecular weight is 240 g/mol. The topological polar surface area (TPSA) is 26.5 Å². The first kappa shape index (κ1) is 11.1. The van der Waals surface area contributed by atoms with Crippen molar-refractivity contribution in [3.05, 3.63) is 53.7 Å². The molecule has 0 saturated heterocycles. The molecule has 0 unspecified atom stereocenters. The van der Waals surface area contributed by atoms with E-state index in [1.165, 1.54) is 0 Å². The Morgan fingerprint density at radius 3 is 2.89 bits per heavy atom. The van der Waals surface area contributed by atoms with Crippen molar-refractivity contribution in [2.24, 2.45) is 0 Å². The molecule has 92 valence electrons. The Kier molecular flexibility index (Phi) is 2.67. The van der Waals surface area contributed by atoms with Crippen LogP contribution < -0.4 is 4.74 Å². The van der Waals surface area contributed by atoms with Crippen molar-refractivity contribution < 1.29 is 4.74 Å². The maximum Gasteiger partial charge on any atom is 0.180 e. The van der Waals surface area contributed by atoms with Gasteiger partial charge in [0.05, 0.1) is 5.69 Å². The second-order valence-electron chi connectivity index (χ2n) is 4.68. The van der Waals surface area contributed by atoms with Crippen LogP contribution in [0.5, 0.6) is 5.75 Å². The normalized spacial score (nSPS) is 14.9. The zero-order valence-electron chi connectivity index (χ0n) is 10.7. The van der Waals surface area contributed by atoms with E-state index >= 15 is 0 Å². The van der Waals surface area contributed by atoms with E-state index in [0.717, 1.165) is 41.3 Å². The molecule has 0 spiro atoms. The summed E-state index contributed by atoms with van der Waals surface area (Å²) in [5.74, 6) is 1.73. The number of ether oxygens (including phenoxy) is 1. The first-order valence-electron chi connectivity index (χ1n) is 6.23. The number of aryl methyl sites for hydroxylation is 2. The lowest BCUT2D eigenvalue weighted by molar-refractivity contribution is 0.441. The van der Waals surface area contributed by atoms with Gasteiger partial charge in [0.25, 0.3) is 0 Å². The Labute approximate surface area is 106 Å². The van der Waals surface area contributed by atoms with E-state index in [4.69, 9.17) is 4.74 Å². The van der Waals surface area contributed by atoms with Gasteiger partial charge in [-0.15, -0.1) is 0 Å². The van der Waals surface area contributed by atoms with Crippen LogP contribution in [0.1, 0.15) is 24.1 Å². The Morgan fingerprint density at radius 2 is 2.11 bits per heavy atom. The van der Waals surface area contributed by atoms with Crippen LogP contribution in [0.2, 0.25) is 0 Å². The van der Waals surface area contributed by atoms with Gasteiger partial charge in [0.15, 0.2) is 11.4 Å². The summed E-state index contributed by atoms with van der Waals surface area (Å²) < 4.78 is 7.97. The molecule has 0 radical (unpaired) electrons. The van der Waals surface area contributed by atoms with Crippen LogP contribution in [0.3, 0.4) is 0 Å². The minimum atomic E-state index is 0.820. The zero-order valence-corrected chi connectivity index (χ0v) is 10.7. The van der Waals surface area contributed by atoms with Crippen molar-refractivity contribution >= 4 is 5.65 Å². The lowest BCUT2D eigenvalue weighted by Crippen LogP contribution is -1.98. The van der Waals surface area contributed by atoms with Gasteiger partial charge in [0, 0.05) is 12.4 Å². The standard InChI is InChI=1S/C15H16N2O/c1-11-8-14(18-13-6-4-3-5-7-13)15-16-12(2)10-17(15)9-11/h4,6-10H,3,5H2,1-2H3. The Balaban J connectivity index is 2.04. The Hall–Kier alpha value is -2.03. The molecule has 18 heavy (non-hydrogen) atoms. The van der Waals surface area contributed by atoms with Gasteiger partial charge in [-0.25, -0.2) is 4.98 Å². The largest absolute Gasteiger partial charge is 0.454 e. The molecule has 0 bridgehead atoms. The molecule has 3 nitrogen and oxygen atoms in total. The third-order valence-electron chi connectivity index (χ3n) is 2.96. The fourth-order valence-corrected chi connectivity index (χ4v) is 2.19. The van der Waals surface area contributed by atoms with Crippen LogP contribution in [0.15, 0.2) is 42.4 Å². The molecule has 2 aromatic rings. The monoisotopic (exact) mass is 240 g/mol. The highest BCUT2D eigenvalue weighted by Crippen LogP contribution is 2.24. The molecule has 2 aromatic heterocycles. The first-order valence-corrected chi connectivity index (χ1v) is 6.23. The molecule has 1 aliphatic rings. The summed E-state index contributed by atoms with van der Waals surface area (Å²) in [6.07, 6.45) is 12.5. The van der Waals surface area contributed by atoms with E-state index in [1.54, 1.807) is 0 Å². The molecule has 1 aliphatic carbocycles. The van der Waals surface area contributed by atoms with Gasteiger partial charge in [-0.3, -0.25) is 0 Å². The van der Waals surface area contributed by atoms with Crippen molar-refractivity contribution in [1.82, 2.24) is 9.38 Å². The van der Waals surface area contributed by atoms with Gasteiger partial charge in [0.2, 0.25) is 0 Å². The maximum absolute atomic E-state index is 5.95. The zero-order chi connectivity index (χ0) is 12.5. The van der Waals surface area contributed by atoms with Gasteiger partial charge in [-0.2, -0.15) is 0 Å². The van der Waals surface area contributed by atoms with Gasteiger partial charge in [0.1, 0.15) is 5.76 Å². The lowest BCUT2D eigenvalue weighted by atomic mass is 10.2. The molecule has 0 aliphatic heterocycles. The van der Waals surface area contributed by atoms with E-state index in [2.05, 4.69) is 30.3 Å². The molecular formula is C15H16N2O. The van der Waals surface area contributed by atoms with E-state index < -0.39 is 0 Å². The summed E-state index contributed by atoms with van der Waals surface area (Å²) in [5, 5.41) is 0. The second-order valence-corrected chi connectivity index (χ2v) is 4.68. The fraction of sp³-hybridized carbons (Fsp3) is 0.267. The summed E-state index contributed by atoms with van der Waals surface area (Å²) in [6, 6.07) is 2.03. The minimum Gasteiger partial charge on any atom is -0.454 e. The third kappa shape index (κ3) is 2.04. The number of pyridine rings is 1. The minimum absolute atomic E-state index is 0.820. The van der Waals surface area contributed by atoms with Crippen molar-refractivity contribution in [2.75, 3.05) is 0 Å². The number of aromatic nitrogens is 2. The summed E-state index contributed by atoms with van der Waals surface area (Å²) in [5.41, 5.74) is 3.03. The van der Waals surface area contributed by atoms with Gasteiger partial charge < -0.3 is 9.14 Å². The number of hydrogen-bond donors (Lipinski definition) is 0. The van der Waals surface area contributed by atoms with Crippen LogP contribution >= 0.6 is 0 Å². The maximum atomic E-state index is 5.95. The quantitative estimate of drug-likeness (QED) is 0.802. The van der Waals surface area contributed by atoms with Crippen LogP contribution in [-0.2, 0) is 0 Å². The van der Waals surface area contributed by atoms with Crippen LogP contribution in [-0.4, -0.2) is 9.38 Å². The molecule has 0 aromatic carbocycles. The SMILES string of the molecule is Cc1cc(OC2=CCCC=C2)c2nc(C)cn2c1. The number of fused-ring (bicyclic) bond motifs is 1. The summed E-state index contributed by atoms with van der Waals surface area (Å²) in [7, 11) is 0. The molecule has 3 heteroatoms. The predicted molar refractivity (Wildman–Crippen MR) is 71.8 cm³/mol. The molecule has 0 amide bonds. The molecule has 3 rings (SSSR count). The van der Waals surface area contributed by atoms with Gasteiger partial charge >= 0.3 is 0 Å². The van der Waals surface area contributed by atoms with Crippen molar-refractivity contribution in [1.29, 1.82) is 0 Å². The number of hydrogen-bond acceptors (Lipinski definition) is 2. The number of rotatable bonds is 2. The predicted octanol–water partition coefficient (Wildman–Crippen LogP) is 3.56. The summed E-state index contributed by atoms with van der Waals surface area (Å²) >= 11 is 0. The number of imidazole rings is 1. The highest BCUT2D eigenvalue weighted by molar-refractivity contribution is 5.56. The number of nitrogens with zero attached hydrogens (tertiary/aromatic N) is 2. The van der Waals surface area contributed by atoms with Gasteiger partial charge in [-0.1, -0.05) is 6.08 Å². The van der Waals surface area contributed by atoms with Crippen molar-refractivity contribution in [3.8, 4) is 5.75 Å². The molecular weight excluding hydrogens is 224 g/mol. The van der Waals surface area contributed by atoms with Crippen LogP contribution in [0, 0.1) is 13.8 Å². The smallest absolute Gasteiger partial charge is 0.180 e.